The van der Waals surface area contributed by atoms with Crippen LogP contribution in [0.2, 0.25) is 0 Å². The quantitative estimate of drug-likeness (QED) is 0.529. The Morgan fingerprint density at radius 2 is 1.50 bits per heavy atom. The number of carbonyl (C=O) groups excluding carboxylic acids is 1. The van der Waals surface area contributed by atoms with Crippen LogP contribution < -0.4 is 24.5 Å². The number of ether oxygens (including phenoxy) is 4. The lowest BCUT2D eigenvalue weighted by atomic mass is 9.98. The summed E-state index contributed by atoms with van der Waals surface area (Å²) < 4.78 is 22.6. The van der Waals surface area contributed by atoms with E-state index >= 15 is 0 Å². The van der Waals surface area contributed by atoms with Crippen LogP contribution in [0.15, 0.2) is 47.3 Å². The van der Waals surface area contributed by atoms with Gasteiger partial charge in [-0.05, 0) is 53.9 Å². The fraction of sp³-hybridized carbons (Fsp3) is 0.320. The highest BCUT2D eigenvalue weighted by Gasteiger charge is 2.23. The summed E-state index contributed by atoms with van der Waals surface area (Å²) in [5, 5.41) is 4.43. The van der Waals surface area contributed by atoms with E-state index in [4.69, 9.17) is 18.9 Å². The molecular weight excluding hydrogens is 438 g/mol. The van der Waals surface area contributed by atoms with Crippen molar-refractivity contribution in [3.05, 3.63) is 63.9 Å². The van der Waals surface area contributed by atoms with Gasteiger partial charge in [-0.3, -0.25) is 9.59 Å². The van der Waals surface area contributed by atoms with E-state index < -0.39 is 0 Å². The van der Waals surface area contributed by atoms with E-state index in [1.54, 1.807) is 51.5 Å². The van der Waals surface area contributed by atoms with Crippen LogP contribution in [0.3, 0.4) is 0 Å². The number of aromatic nitrogens is 2. The third-order valence-electron chi connectivity index (χ3n) is 5.90. The molecule has 3 aromatic rings. The number of nitrogens with zero attached hydrogens (tertiary/aromatic N) is 3. The Labute approximate surface area is 197 Å². The van der Waals surface area contributed by atoms with Crippen LogP contribution in [0.25, 0.3) is 11.3 Å². The first kappa shape index (κ1) is 23.2. The van der Waals surface area contributed by atoms with Crippen LogP contribution in [0.1, 0.15) is 11.1 Å². The molecule has 34 heavy (non-hydrogen) atoms. The Kier molecular flexibility index (Phi) is 6.72. The average molecular weight is 466 g/mol. The Morgan fingerprint density at radius 3 is 2.18 bits per heavy atom. The van der Waals surface area contributed by atoms with Crippen molar-refractivity contribution in [1.82, 2.24) is 14.7 Å². The van der Waals surface area contributed by atoms with Gasteiger partial charge in [-0.2, -0.15) is 5.10 Å². The number of methoxy groups -OCH3 is 4. The predicted octanol–water partition coefficient (Wildman–Crippen LogP) is 2.53. The second kappa shape index (κ2) is 9.86. The van der Waals surface area contributed by atoms with Crippen molar-refractivity contribution in [2.45, 2.75) is 19.5 Å². The number of carbonyl (C=O) groups is 1. The van der Waals surface area contributed by atoms with Crippen LogP contribution in [0, 0.1) is 0 Å². The van der Waals surface area contributed by atoms with Gasteiger partial charge in [-0.25, -0.2) is 4.68 Å². The maximum atomic E-state index is 13.1. The van der Waals surface area contributed by atoms with Gasteiger partial charge in [0.05, 0.1) is 34.1 Å². The third kappa shape index (κ3) is 4.54. The van der Waals surface area contributed by atoms with E-state index in [-0.39, 0.29) is 18.0 Å². The van der Waals surface area contributed by atoms with Gasteiger partial charge in [0.2, 0.25) is 5.91 Å². The SMILES string of the molecule is COc1ccc(-c2ccc(=O)n(CC(=O)N3CCc4cc(OC)c(OC)cc4C3)n2)cc1OC. The third-order valence-corrected chi connectivity index (χ3v) is 5.90. The molecule has 0 spiro atoms. The lowest BCUT2D eigenvalue weighted by molar-refractivity contribution is -0.133. The number of benzene rings is 2. The highest BCUT2D eigenvalue weighted by Crippen LogP contribution is 2.33. The highest BCUT2D eigenvalue weighted by atomic mass is 16.5. The summed E-state index contributed by atoms with van der Waals surface area (Å²) in [6, 6.07) is 12.3. The first-order valence-electron chi connectivity index (χ1n) is 10.8. The summed E-state index contributed by atoms with van der Waals surface area (Å²) in [5.41, 5.74) is 3.06. The van der Waals surface area contributed by atoms with Crippen molar-refractivity contribution in [1.29, 1.82) is 0 Å². The summed E-state index contributed by atoms with van der Waals surface area (Å²) >= 11 is 0. The Morgan fingerprint density at radius 1 is 0.853 bits per heavy atom. The molecule has 1 aromatic heterocycles. The van der Waals surface area contributed by atoms with Gasteiger partial charge in [0, 0.05) is 24.7 Å². The Balaban J connectivity index is 1.55. The molecule has 0 N–H and O–H groups in total. The van der Waals surface area contributed by atoms with Gasteiger partial charge in [0.1, 0.15) is 6.54 Å². The number of rotatable bonds is 7. The summed E-state index contributed by atoms with van der Waals surface area (Å²) in [7, 11) is 6.30. The fourth-order valence-corrected chi connectivity index (χ4v) is 4.04. The Bertz CT molecular complexity index is 1270. The zero-order valence-corrected chi connectivity index (χ0v) is 19.7. The zero-order chi connectivity index (χ0) is 24.2. The van der Waals surface area contributed by atoms with E-state index in [9.17, 15) is 9.59 Å². The molecule has 0 saturated carbocycles. The molecule has 0 unspecified atom stereocenters. The minimum absolute atomic E-state index is 0.150. The molecule has 1 aliphatic heterocycles. The summed E-state index contributed by atoms with van der Waals surface area (Å²) in [6.07, 6.45) is 0.690. The number of amides is 1. The molecule has 1 aliphatic rings. The molecular formula is C25H27N3O6. The zero-order valence-electron chi connectivity index (χ0n) is 19.7. The van der Waals surface area contributed by atoms with Gasteiger partial charge < -0.3 is 23.8 Å². The molecule has 0 atom stereocenters. The first-order valence-corrected chi connectivity index (χ1v) is 10.8. The summed E-state index contributed by atoms with van der Waals surface area (Å²) in [5.74, 6) is 2.25. The predicted molar refractivity (Wildman–Crippen MR) is 126 cm³/mol. The molecule has 2 heterocycles. The molecule has 1 amide bonds. The van der Waals surface area contributed by atoms with E-state index in [1.807, 2.05) is 18.2 Å². The summed E-state index contributed by atoms with van der Waals surface area (Å²) in [4.78, 5) is 27.3. The first-order chi connectivity index (χ1) is 16.5. The number of fused-ring (bicyclic) bond motifs is 1. The van der Waals surface area contributed by atoms with Crippen LogP contribution >= 0.6 is 0 Å². The van der Waals surface area contributed by atoms with Crippen molar-refractivity contribution in [2.75, 3.05) is 35.0 Å². The highest BCUT2D eigenvalue weighted by molar-refractivity contribution is 5.76. The van der Waals surface area contributed by atoms with Crippen LogP contribution in [0.5, 0.6) is 23.0 Å². The van der Waals surface area contributed by atoms with Crippen LogP contribution in [0.4, 0.5) is 0 Å². The number of hydrogen-bond donors (Lipinski definition) is 0. The molecule has 9 heteroatoms. The molecule has 2 aromatic carbocycles. The lowest BCUT2D eigenvalue weighted by Gasteiger charge is -2.29. The van der Waals surface area contributed by atoms with Gasteiger partial charge in [-0.15, -0.1) is 0 Å². The second-order valence-corrected chi connectivity index (χ2v) is 7.83. The molecule has 4 rings (SSSR count). The van der Waals surface area contributed by atoms with Crippen LogP contribution in [-0.2, 0) is 24.3 Å². The van der Waals surface area contributed by atoms with Crippen molar-refractivity contribution in [2.24, 2.45) is 0 Å². The standard InChI is InChI=1S/C25H27N3O6/c1-31-20-7-5-17(12-21(20)32-2)19-6-8-24(29)28(26-19)15-25(30)27-10-9-16-11-22(33-3)23(34-4)13-18(16)14-27/h5-8,11-13H,9-10,14-15H2,1-4H3. The fourth-order valence-electron chi connectivity index (χ4n) is 4.04. The topological polar surface area (TPSA) is 92.1 Å². The van der Waals surface area contributed by atoms with Gasteiger partial charge >= 0.3 is 0 Å². The van der Waals surface area contributed by atoms with Gasteiger partial charge in [0.25, 0.3) is 5.56 Å². The van der Waals surface area contributed by atoms with Gasteiger partial charge in [-0.1, -0.05) is 0 Å². The van der Waals surface area contributed by atoms with Crippen molar-refractivity contribution < 1.29 is 23.7 Å². The normalized spacial score (nSPS) is 12.6. The minimum Gasteiger partial charge on any atom is -0.493 e. The monoisotopic (exact) mass is 465 g/mol. The van der Waals surface area contributed by atoms with Crippen molar-refractivity contribution in [3.63, 3.8) is 0 Å². The molecule has 9 nitrogen and oxygen atoms in total. The van der Waals surface area contributed by atoms with E-state index in [2.05, 4.69) is 5.10 Å². The molecule has 0 radical (unpaired) electrons. The maximum absolute atomic E-state index is 13.1. The molecule has 0 aliphatic carbocycles. The lowest BCUT2D eigenvalue weighted by Crippen LogP contribution is -2.40. The van der Waals surface area contributed by atoms with Gasteiger partial charge in [0.15, 0.2) is 23.0 Å². The minimum atomic E-state index is -0.346. The Hall–Kier alpha value is -4.01. The van der Waals surface area contributed by atoms with E-state index in [0.29, 0.717) is 48.2 Å². The van der Waals surface area contributed by atoms with E-state index in [0.717, 1.165) is 16.7 Å². The molecule has 0 fully saturated rings. The van der Waals surface area contributed by atoms with E-state index in [1.165, 1.54) is 10.7 Å². The average Bonchev–Trinajstić information content (AvgIpc) is 2.88. The molecule has 0 saturated heterocycles. The largest absolute Gasteiger partial charge is 0.493 e. The molecule has 0 bridgehead atoms. The molecule has 178 valence electrons. The summed E-state index contributed by atoms with van der Waals surface area (Å²) in [6.45, 7) is 0.826. The smallest absolute Gasteiger partial charge is 0.267 e. The maximum Gasteiger partial charge on any atom is 0.267 e. The van der Waals surface area contributed by atoms with Crippen molar-refractivity contribution in [3.8, 4) is 34.3 Å². The van der Waals surface area contributed by atoms with Crippen molar-refractivity contribution >= 4 is 5.91 Å². The second-order valence-electron chi connectivity index (χ2n) is 7.83. The number of hydrogen-bond acceptors (Lipinski definition) is 7. The van der Waals surface area contributed by atoms with Crippen LogP contribution in [-0.4, -0.2) is 55.6 Å².